The Kier molecular flexibility index (Phi) is 2.86. The van der Waals surface area contributed by atoms with Crippen molar-refractivity contribution >= 4 is 6.72 Å². The lowest BCUT2D eigenvalue weighted by Crippen LogP contribution is -2.18. The van der Waals surface area contributed by atoms with Crippen LogP contribution in [0.2, 0.25) is 0 Å². The van der Waals surface area contributed by atoms with Crippen molar-refractivity contribution in [2.45, 2.75) is 19.9 Å². The van der Waals surface area contributed by atoms with E-state index in [0.717, 1.165) is 0 Å². The van der Waals surface area contributed by atoms with Gasteiger partial charge in [0.25, 0.3) is 0 Å². The maximum Gasteiger partial charge on any atom is 0.228 e. The molecule has 0 atom stereocenters. The molecule has 0 saturated carbocycles. The normalized spacial score (nSPS) is 8.75. The Balaban J connectivity index is 3.53. The standard InChI is InChI=1S/C6H11N2/c1-6(2)8(3)5-4-7/h6H,3,5H2,1-2H3/q+1. The Morgan fingerprint density at radius 1 is 1.75 bits per heavy atom. The van der Waals surface area contributed by atoms with E-state index in [9.17, 15) is 0 Å². The molecule has 0 aliphatic carbocycles. The van der Waals surface area contributed by atoms with Crippen molar-refractivity contribution in [3.8, 4) is 6.07 Å². The van der Waals surface area contributed by atoms with Crippen molar-refractivity contribution in [3.05, 3.63) is 0 Å². The van der Waals surface area contributed by atoms with Gasteiger partial charge >= 0.3 is 0 Å². The maximum absolute atomic E-state index is 8.15. The zero-order chi connectivity index (χ0) is 6.57. The quantitative estimate of drug-likeness (QED) is 0.292. The minimum Gasteiger partial charge on any atom is -0.227 e. The first-order chi connectivity index (χ1) is 3.68. The van der Waals surface area contributed by atoms with Gasteiger partial charge in [-0.25, -0.2) is 4.58 Å². The molecule has 0 aromatic carbocycles. The second-order valence-corrected chi connectivity index (χ2v) is 2.00. The lowest BCUT2D eigenvalue weighted by Gasteiger charge is -1.97. The van der Waals surface area contributed by atoms with Gasteiger partial charge in [-0.05, 0) is 13.8 Å². The van der Waals surface area contributed by atoms with E-state index in [4.69, 9.17) is 5.26 Å². The summed E-state index contributed by atoms with van der Waals surface area (Å²) in [5, 5.41) is 8.15. The summed E-state index contributed by atoms with van der Waals surface area (Å²) < 4.78 is 1.74. The molecule has 0 aromatic heterocycles. The first kappa shape index (κ1) is 7.16. The highest BCUT2D eigenvalue weighted by atomic mass is 15.0. The summed E-state index contributed by atoms with van der Waals surface area (Å²) in [7, 11) is 0. The van der Waals surface area contributed by atoms with E-state index in [-0.39, 0.29) is 0 Å². The van der Waals surface area contributed by atoms with Gasteiger partial charge in [-0.15, -0.1) is 0 Å². The molecule has 8 heavy (non-hydrogen) atoms. The fourth-order valence-electron chi connectivity index (χ4n) is 0.273. The highest BCUT2D eigenvalue weighted by Crippen LogP contribution is 1.82. The van der Waals surface area contributed by atoms with Crippen LogP contribution >= 0.6 is 0 Å². The third-order valence-electron chi connectivity index (χ3n) is 1.00. The predicted molar refractivity (Wildman–Crippen MR) is 33.0 cm³/mol. The van der Waals surface area contributed by atoms with Crippen molar-refractivity contribution in [2.24, 2.45) is 0 Å². The predicted octanol–water partition coefficient (Wildman–Crippen LogP) is 0.631. The molecule has 0 fully saturated rings. The molecule has 2 heteroatoms. The minimum atomic E-state index is 0.370. The molecule has 0 bridgehead atoms. The minimum absolute atomic E-state index is 0.370. The zero-order valence-electron chi connectivity index (χ0n) is 5.39. The topological polar surface area (TPSA) is 26.8 Å². The number of hydrogen-bond donors (Lipinski definition) is 0. The summed E-state index contributed by atoms with van der Waals surface area (Å²) in [5.74, 6) is 0. The number of nitrogens with zero attached hydrogens (tertiary/aromatic N) is 2. The van der Waals surface area contributed by atoms with E-state index < -0.39 is 0 Å². The van der Waals surface area contributed by atoms with E-state index in [1.807, 2.05) is 19.9 Å². The Hall–Kier alpha value is -0.840. The molecule has 0 aliphatic heterocycles. The van der Waals surface area contributed by atoms with E-state index in [0.29, 0.717) is 12.6 Å². The Labute approximate surface area is 50.1 Å². The molecular formula is C6H11N2+. The highest BCUT2D eigenvalue weighted by molar-refractivity contribution is 5.15. The Bertz CT molecular complexity index is 119. The van der Waals surface area contributed by atoms with Crippen LogP contribution in [0.25, 0.3) is 0 Å². The molecular weight excluding hydrogens is 100 g/mol. The average molecular weight is 111 g/mol. The van der Waals surface area contributed by atoms with Gasteiger partial charge in [0.15, 0.2) is 0 Å². The van der Waals surface area contributed by atoms with Gasteiger partial charge in [-0.2, -0.15) is 5.26 Å². The first-order valence-electron chi connectivity index (χ1n) is 2.62. The number of hydrogen-bond acceptors (Lipinski definition) is 1. The summed E-state index contributed by atoms with van der Waals surface area (Å²) in [6.45, 7) is 8.06. The van der Waals surface area contributed by atoms with Gasteiger partial charge < -0.3 is 0 Å². The second-order valence-electron chi connectivity index (χ2n) is 2.00. The monoisotopic (exact) mass is 111 g/mol. The first-order valence-corrected chi connectivity index (χ1v) is 2.62. The fourth-order valence-corrected chi connectivity index (χ4v) is 0.273. The molecule has 44 valence electrons. The van der Waals surface area contributed by atoms with Crippen LogP contribution in [0.4, 0.5) is 0 Å². The molecule has 0 aliphatic rings. The van der Waals surface area contributed by atoms with Crippen LogP contribution in [0.1, 0.15) is 13.8 Å². The van der Waals surface area contributed by atoms with E-state index in [2.05, 4.69) is 6.72 Å². The van der Waals surface area contributed by atoms with Gasteiger partial charge in [-0.3, -0.25) is 0 Å². The molecule has 0 spiro atoms. The zero-order valence-corrected chi connectivity index (χ0v) is 5.39. The Morgan fingerprint density at radius 3 is 2.38 bits per heavy atom. The third-order valence-corrected chi connectivity index (χ3v) is 1.00. The fraction of sp³-hybridized carbons (Fsp3) is 0.667. The molecule has 0 N–H and O–H groups in total. The lowest BCUT2D eigenvalue weighted by atomic mass is 10.4. The van der Waals surface area contributed by atoms with Crippen LogP contribution in [0.5, 0.6) is 0 Å². The van der Waals surface area contributed by atoms with Gasteiger partial charge in [-0.1, -0.05) is 0 Å². The van der Waals surface area contributed by atoms with E-state index in [1.165, 1.54) is 0 Å². The van der Waals surface area contributed by atoms with Crippen LogP contribution < -0.4 is 0 Å². The molecule has 0 rings (SSSR count). The summed E-state index contributed by atoms with van der Waals surface area (Å²) >= 11 is 0. The van der Waals surface area contributed by atoms with E-state index >= 15 is 0 Å². The molecule has 0 heterocycles. The molecule has 0 amide bonds. The van der Waals surface area contributed by atoms with Crippen LogP contribution in [0.15, 0.2) is 0 Å². The van der Waals surface area contributed by atoms with Crippen LogP contribution in [-0.4, -0.2) is 23.9 Å². The maximum atomic E-state index is 8.15. The average Bonchev–Trinajstić information content (AvgIpc) is 1.67. The summed E-state index contributed by atoms with van der Waals surface area (Å²) in [6.07, 6.45) is 0. The molecule has 0 aromatic rings. The van der Waals surface area contributed by atoms with Crippen molar-refractivity contribution in [1.29, 1.82) is 5.26 Å². The third kappa shape index (κ3) is 2.35. The smallest absolute Gasteiger partial charge is 0.227 e. The molecule has 0 radical (unpaired) electrons. The van der Waals surface area contributed by atoms with Gasteiger partial charge in [0.1, 0.15) is 18.8 Å². The van der Waals surface area contributed by atoms with Crippen LogP contribution in [0.3, 0.4) is 0 Å². The molecule has 0 saturated heterocycles. The summed E-state index contributed by atoms with van der Waals surface area (Å²) in [5.41, 5.74) is 0. The van der Waals surface area contributed by atoms with Crippen molar-refractivity contribution in [3.63, 3.8) is 0 Å². The summed E-state index contributed by atoms with van der Waals surface area (Å²) in [4.78, 5) is 0. The van der Waals surface area contributed by atoms with Crippen molar-refractivity contribution < 1.29 is 4.58 Å². The summed E-state index contributed by atoms with van der Waals surface area (Å²) in [6, 6.07) is 2.38. The highest BCUT2D eigenvalue weighted by Gasteiger charge is 2.02. The van der Waals surface area contributed by atoms with Crippen LogP contribution in [-0.2, 0) is 0 Å². The van der Waals surface area contributed by atoms with Gasteiger partial charge in [0.05, 0.1) is 0 Å². The second kappa shape index (κ2) is 3.20. The SMILES string of the molecule is C=[N+](CC#N)C(C)C. The van der Waals surface area contributed by atoms with Gasteiger partial charge in [0.2, 0.25) is 6.54 Å². The molecule has 0 unspecified atom stereocenters. The van der Waals surface area contributed by atoms with Crippen molar-refractivity contribution in [2.75, 3.05) is 6.54 Å². The molecule has 2 nitrogen and oxygen atoms in total. The van der Waals surface area contributed by atoms with Crippen LogP contribution in [0, 0.1) is 11.3 Å². The number of nitriles is 1. The Morgan fingerprint density at radius 2 is 2.25 bits per heavy atom. The van der Waals surface area contributed by atoms with Gasteiger partial charge in [0, 0.05) is 0 Å². The number of rotatable bonds is 2. The largest absolute Gasteiger partial charge is 0.228 e. The lowest BCUT2D eigenvalue weighted by molar-refractivity contribution is -0.539. The van der Waals surface area contributed by atoms with Crippen molar-refractivity contribution in [1.82, 2.24) is 0 Å². The van der Waals surface area contributed by atoms with E-state index in [1.54, 1.807) is 4.58 Å².